The van der Waals surface area contributed by atoms with Crippen molar-refractivity contribution in [3.8, 4) is 0 Å². The highest BCUT2D eigenvalue weighted by atomic mass is 35.5. The molecule has 134 valence electrons. The zero-order valence-electron chi connectivity index (χ0n) is 14.5. The first-order chi connectivity index (χ1) is 11.2. The van der Waals surface area contributed by atoms with Crippen molar-refractivity contribution in [2.24, 2.45) is 17.6 Å². The second-order valence-corrected chi connectivity index (χ2v) is 7.43. The molecule has 1 aromatic rings. The first-order valence-corrected chi connectivity index (χ1v) is 9.29. The fourth-order valence-electron chi connectivity index (χ4n) is 4.18. The van der Waals surface area contributed by atoms with Gasteiger partial charge in [0.1, 0.15) is 0 Å². The van der Waals surface area contributed by atoms with Crippen LogP contribution >= 0.6 is 12.4 Å². The maximum atomic E-state index is 12.5. The molecule has 0 spiro atoms. The van der Waals surface area contributed by atoms with Crippen molar-refractivity contribution in [2.45, 2.75) is 57.4 Å². The number of carbonyl (C=O) groups is 1. The van der Waals surface area contributed by atoms with E-state index < -0.39 is 0 Å². The third kappa shape index (κ3) is 5.22. The highest BCUT2D eigenvalue weighted by Crippen LogP contribution is 2.28. The average molecular weight is 351 g/mol. The van der Waals surface area contributed by atoms with Crippen molar-refractivity contribution >= 4 is 18.3 Å². The Labute approximate surface area is 152 Å². The number of piperidine rings is 1. The van der Waals surface area contributed by atoms with E-state index in [9.17, 15) is 4.79 Å². The number of rotatable bonds is 4. The summed E-state index contributed by atoms with van der Waals surface area (Å²) in [7, 11) is 0. The topological polar surface area (TPSA) is 46.3 Å². The maximum Gasteiger partial charge on any atom is 0.222 e. The van der Waals surface area contributed by atoms with Gasteiger partial charge < -0.3 is 10.6 Å². The lowest BCUT2D eigenvalue weighted by Crippen LogP contribution is -2.42. The molecule has 1 aliphatic carbocycles. The highest BCUT2D eigenvalue weighted by Gasteiger charge is 2.28. The van der Waals surface area contributed by atoms with Gasteiger partial charge >= 0.3 is 0 Å². The minimum atomic E-state index is 0. The molecule has 0 aromatic heterocycles. The fourth-order valence-corrected chi connectivity index (χ4v) is 4.18. The van der Waals surface area contributed by atoms with Crippen LogP contribution in [0.25, 0.3) is 0 Å². The maximum absolute atomic E-state index is 12.5. The van der Waals surface area contributed by atoms with Gasteiger partial charge in [-0.3, -0.25) is 4.79 Å². The van der Waals surface area contributed by atoms with Crippen molar-refractivity contribution in [3.05, 3.63) is 35.9 Å². The Kier molecular flexibility index (Phi) is 7.57. The molecule has 1 saturated heterocycles. The van der Waals surface area contributed by atoms with Gasteiger partial charge in [0.05, 0.1) is 0 Å². The smallest absolute Gasteiger partial charge is 0.222 e. The van der Waals surface area contributed by atoms with E-state index >= 15 is 0 Å². The van der Waals surface area contributed by atoms with Gasteiger partial charge in [-0.15, -0.1) is 12.4 Å². The van der Waals surface area contributed by atoms with Crippen LogP contribution in [-0.4, -0.2) is 29.9 Å². The van der Waals surface area contributed by atoms with E-state index in [1.807, 2.05) is 0 Å². The molecule has 0 radical (unpaired) electrons. The zero-order valence-corrected chi connectivity index (χ0v) is 15.3. The van der Waals surface area contributed by atoms with Crippen LogP contribution in [0.5, 0.6) is 0 Å². The molecular formula is C20H31ClN2O. The molecule has 3 rings (SSSR count). The van der Waals surface area contributed by atoms with Gasteiger partial charge in [-0.25, -0.2) is 0 Å². The molecule has 24 heavy (non-hydrogen) atoms. The molecule has 2 atom stereocenters. The molecule has 2 N–H and O–H groups in total. The third-order valence-electron chi connectivity index (χ3n) is 5.74. The summed E-state index contributed by atoms with van der Waals surface area (Å²) in [6, 6.07) is 11.0. The lowest BCUT2D eigenvalue weighted by Gasteiger charge is -2.35. The second kappa shape index (κ2) is 9.43. The average Bonchev–Trinajstić information content (AvgIpc) is 2.58. The molecule has 2 aliphatic rings. The summed E-state index contributed by atoms with van der Waals surface area (Å²) < 4.78 is 0. The van der Waals surface area contributed by atoms with Gasteiger partial charge in [0, 0.05) is 25.6 Å². The van der Waals surface area contributed by atoms with Crippen LogP contribution in [0, 0.1) is 11.8 Å². The largest absolute Gasteiger partial charge is 0.343 e. The van der Waals surface area contributed by atoms with E-state index in [1.165, 1.54) is 18.4 Å². The molecule has 1 aliphatic heterocycles. The predicted octanol–water partition coefficient (Wildman–Crippen LogP) is 3.80. The summed E-state index contributed by atoms with van der Waals surface area (Å²) in [5.41, 5.74) is 7.62. The molecular weight excluding hydrogens is 320 g/mol. The molecule has 3 nitrogen and oxygen atoms in total. The van der Waals surface area contributed by atoms with Gasteiger partial charge in [0.25, 0.3) is 0 Å². The molecule has 1 aromatic carbocycles. The predicted molar refractivity (Wildman–Crippen MR) is 101 cm³/mol. The molecule has 2 unspecified atom stereocenters. The van der Waals surface area contributed by atoms with E-state index in [-0.39, 0.29) is 18.4 Å². The van der Waals surface area contributed by atoms with Gasteiger partial charge in [-0.2, -0.15) is 0 Å². The fraction of sp³-hybridized carbons (Fsp3) is 0.650. The quantitative estimate of drug-likeness (QED) is 0.897. The van der Waals surface area contributed by atoms with Crippen molar-refractivity contribution in [3.63, 3.8) is 0 Å². The number of hydrogen-bond donors (Lipinski definition) is 1. The molecule has 4 heteroatoms. The number of halogens is 1. The molecule has 0 bridgehead atoms. The van der Waals surface area contributed by atoms with E-state index in [0.29, 0.717) is 18.2 Å². The van der Waals surface area contributed by atoms with E-state index in [1.54, 1.807) is 0 Å². The van der Waals surface area contributed by atoms with Crippen molar-refractivity contribution in [1.82, 2.24) is 4.90 Å². The van der Waals surface area contributed by atoms with Crippen LogP contribution in [0.1, 0.15) is 50.5 Å². The minimum Gasteiger partial charge on any atom is -0.343 e. The van der Waals surface area contributed by atoms with Crippen LogP contribution < -0.4 is 5.73 Å². The van der Waals surface area contributed by atoms with Gasteiger partial charge in [-0.05, 0) is 49.5 Å². The Morgan fingerprint density at radius 3 is 2.38 bits per heavy atom. The number of nitrogens with two attached hydrogens (primary N) is 1. The normalized spacial score (nSPS) is 25.1. The number of nitrogens with zero attached hydrogens (tertiary/aromatic N) is 1. The Morgan fingerprint density at radius 2 is 1.71 bits per heavy atom. The first kappa shape index (κ1) is 19.3. The summed E-state index contributed by atoms with van der Waals surface area (Å²) in [5, 5.41) is 0. The van der Waals surface area contributed by atoms with Crippen LogP contribution in [0.2, 0.25) is 0 Å². The number of likely N-dealkylation sites (tertiary alicyclic amines) is 1. The summed E-state index contributed by atoms with van der Waals surface area (Å²) in [6.07, 6.45) is 8.80. The number of benzene rings is 1. The van der Waals surface area contributed by atoms with Gasteiger partial charge in [0.15, 0.2) is 0 Å². The third-order valence-corrected chi connectivity index (χ3v) is 5.74. The number of carbonyl (C=O) groups excluding carboxylic acids is 1. The number of hydrogen-bond acceptors (Lipinski definition) is 2. The molecule has 1 saturated carbocycles. The van der Waals surface area contributed by atoms with Crippen molar-refractivity contribution in [1.29, 1.82) is 0 Å². The van der Waals surface area contributed by atoms with E-state index in [0.717, 1.165) is 51.1 Å². The van der Waals surface area contributed by atoms with E-state index in [4.69, 9.17) is 5.73 Å². The zero-order chi connectivity index (χ0) is 16.1. The standard InChI is InChI=1S/C20H30N2O.ClH/c21-19-9-5-4-8-18(19)15-20(23)22-12-10-17(11-13-22)14-16-6-2-1-3-7-16;/h1-3,6-7,17-19H,4-5,8-15,21H2;1H. The minimum absolute atomic E-state index is 0. The Morgan fingerprint density at radius 1 is 1.04 bits per heavy atom. The second-order valence-electron chi connectivity index (χ2n) is 7.43. The Bertz CT molecular complexity index is 500. The molecule has 1 amide bonds. The SMILES string of the molecule is Cl.NC1CCCCC1CC(=O)N1CCC(Cc2ccccc2)CC1. The molecule has 2 fully saturated rings. The van der Waals surface area contributed by atoms with Crippen molar-refractivity contribution < 1.29 is 4.79 Å². The van der Waals surface area contributed by atoms with Crippen LogP contribution in [0.4, 0.5) is 0 Å². The van der Waals surface area contributed by atoms with Gasteiger partial charge in [0.2, 0.25) is 5.91 Å². The van der Waals surface area contributed by atoms with E-state index in [2.05, 4.69) is 35.2 Å². The Balaban J connectivity index is 0.00000208. The highest BCUT2D eigenvalue weighted by molar-refractivity contribution is 5.85. The van der Waals surface area contributed by atoms with Crippen molar-refractivity contribution in [2.75, 3.05) is 13.1 Å². The Hall–Kier alpha value is -1.06. The van der Waals surface area contributed by atoms with Crippen LogP contribution in [0.3, 0.4) is 0 Å². The first-order valence-electron chi connectivity index (χ1n) is 9.29. The van der Waals surface area contributed by atoms with Crippen LogP contribution in [0.15, 0.2) is 30.3 Å². The lowest BCUT2D eigenvalue weighted by atomic mass is 9.82. The lowest BCUT2D eigenvalue weighted by molar-refractivity contribution is -0.134. The molecule has 1 heterocycles. The number of amides is 1. The summed E-state index contributed by atoms with van der Waals surface area (Å²) >= 11 is 0. The van der Waals surface area contributed by atoms with Gasteiger partial charge in [-0.1, -0.05) is 43.2 Å². The monoisotopic (exact) mass is 350 g/mol. The van der Waals surface area contributed by atoms with Crippen LogP contribution in [-0.2, 0) is 11.2 Å². The summed E-state index contributed by atoms with van der Waals surface area (Å²) in [5.74, 6) is 1.47. The summed E-state index contributed by atoms with van der Waals surface area (Å²) in [4.78, 5) is 14.6. The summed E-state index contributed by atoms with van der Waals surface area (Å²) in [6.45, 7) is 1.86.